The molecule has 0 atom stereocenters. The molecule has 0 fully saturated rings. The van der Waals surface area contributed by atoms with Crippen LogP contribution < -0.4 is 0 Å². The Bertz CT molecular complexity index is 789. The molecule has 2 aromatic carbocycles. The summed E-state index contributed by atoms with van der Waals surface area (Å²) in [6.07, 6.45) is 0.769. The highest BCUT2D eigenvalue weighted by atomic mass is 16.6. The van der Waals surface area contributed by atoms with Gasteiger partial charge in [-0.05, 0) is 38.8 Å². The van der Waals surface area contributed by atoms with Crippen LogP contribution in [0.15, 0.2) is 60.7 Å². The molecule has 0 radical (unpaired) electrons. The highest BCUT2D eigenvalue weighted by molar-refractivity contribution is 5.72. The Hall–Kier alpha value is -2.70. The van der Waals surface area contributed by atoms with Gasteiger partial charge in [0, 0.05) is 19.6 Å². The van der Waals surface area contributed by atoms with Crippen LogP contribution in [0.2, 0.25) is 0 Å². The van der Waals surface area contributed by atoms with Gasteiger partial charge in [-0.25, -0.2) is 0 Å². The molecule has 6 heteroatoms. The molecule has 2 aromatic rings. The van der Waals surface area contributed by atoms with Crippen LogP contribution in [0.3, 0.4) is 0 Å². The number of carbonyl (C=O) groups excluding carboxylic acids is 2. The number of methoxy groups -OCH3 is 2. The number of hydrogen-bond acceptors (Lipinski definition) is 6. The molecule has 6 nitrogen and oxygen atoms in total. The maximum atomic E-state index is 11.0. The molecular weight excluding hydrogens is 600 g/mol. The van der Waals surface area contributed by atoms with Crippen LogP contribution in [0.25, 0.3) is 0 Å². The molecule has 0 amide bonds. The zero-order chi connectivity index (χ0) is 38.4. The Labute approximate surface area is 300 Å². The van der Waals surface area contributed by atoms with Crippen molar-refractivity contribution in [2.24, 2.45) is 11.8 Å². The van der Waals surface area contributed by atoms with Crippen molar-refractivity contribution in [1.82, 2.24) is 0 Å². The van der Waals surface area contributed by atoms with Crippen molar-refractivity contribution in [2.75, 3.05) is 27.4 Å². The van der Waals surface area contributed by atoms with Crippen LogP contribution in [0.4, 0.5) is 0 Å². The molecule has 0 heterocycles. The van der Waals surface area contributed by atoms with E-state index in [0.29, 0.717) is 12.2 Å². The third-order valence-electron chi connectivity index (χ3n) is 5.45. The molecule has 48 heavy (non-hydrogen) atoms. The van der Waals surface area contributed by atoms with Gasteiger partial charge < -0.3 is 18.9 Å². The van der Waals surface area contributed by atoms with E-state index in [9.17, 15) is 9.59 Å². The average Bonchev–Trinajstić information content (AvgIpc) is 3.11. The predicted molar refractivity (Wildman–Crippen MR) is 213 cm³/mol. The number of benzene rings is 2. The summed E-state index contributed by atoms with van der Waals surface area (Å²) in [5.41, 5.74) is 2.80. The molecule has 2 rings (SSSR count). The Morgan fingerprint density at radius 2 is 0.729 bits per heavy atom. The Morgan fingerprint density at radius 1 is 0.521 bits per heavy atom. The first-order valence-corrected chi connectivity index (χ1v) is 17.7. The third-order valence-corrected chi connectivity index (χ3v) is 5.45. The Morgan fingerprint density at radius 3 is 0.896 bits per heavy atom. The van der Waals surface area contributed by atoms with E-state index in [1.807, 2.05) is 83.1 Å². The van der Waals surface area contributed by atoms with Gasteiger partial charge in [0.05, 0.1) is 24.0 Å². The molecule has 0 aliphatic carbocycles. The van der Waals surface area contributed by atoms with E-state index in [-0.39, 0.29) is 49.8 Å². The summed E-state index contributed by atoms with van der Waals surface area (Å²) in [5, 5.41) is 0. The van der Waals surface area contributed by atoms with Gasteiger partial charge in [-0.2, -0.15) is 0 Å². The largest absolute Gasteiger partial charge is 0.462 e. The quantitative estimate of drug-likeness (QED) is 0.194. The van der Waals surface area contributed by atoms with E-state index < -0.39 is 0 Å². The first-order chi connectivity index (χ1) is 22.2. The van der Waals surface area contributed by atoms with Gasteiger partial charge in [-0.15, -0.1) is 0 Å². The number of carbonyl (C=O) groups is 2. The molecule has 0 aromatic heterocycles. The zero-order valence-corrected chi connectivity index (χ0v) is 34.4. The third kappa shape index (κ3) is 39.5. The molecule has 0 aliphatic rings. The van der Waals surface area contributed by atoms with Gasteiger partial charge in [-0.3, -0.25) is 9.59 Å². The number of esters is 2. The molecule has 0 saturated carbocycles. The van der Waals surface area contributed by atoms with E-state index in [0.717, 1.165) is 0 Å². The van der Waals surface area contributed by atoms with Gasteiger partial charge >= 0.3 is 11.9 Å². The fraction of sp³-hybridized carbons (Fsp3) is 0.667. The molecule has 0 unspecified atom stereocenters. The number of ether oxygens (including phenoxy) is 4. The topological polar surface area (TPSA) is 71.1 Å². The summed E-state index contributed by atoms with van der Waals surface area (Å²) < 4.78 is 19.1. The fourth-order valence-electron chi connectivity index (χ4n) is 2.49. The monoisotopic (exact) mass is 683 g/mol. The van der Waals surface area contributed by atoms with Gasteiger partial charge in [0.25, 0.3) is 0 Å². The summed E-state index contributed by atoms with van der Waals surface area (Å²) in [5.74, 6) is -0.831. The second kappa shape index (κ2) is 44.3. The lowest BCUT2D eigenvalue weighted by atomic mass is 9.78. The highest BCUT2D eigenvalue weighted by Crippen LogP contribution is 2.30. The first-order valence-electron chi connectivity index (χ1n) is 17.7. The van der Waals surface area contributed by atoms with Crippen molar-refractivity contribution in [3.05, 3.63) is 71.8 Å². The molecule has 286 valence electrons. The second-order valence-electron chi connectivity index (χ2n) is 10.6. The van der Waals surface area contributed by atoms with Crippen molar-refractivity contribution >= 4 is 11.9 Å². The minimum atomic E-state index is -0.273. The molecule has 0 bridgehead atoms. The molecule has 0 saturated heterocycles. The van der Waals surface area contributed by atoms with Crippen molar-refractivity contribution < 1.29 is 28.5 Å². The standard InChI is InChI=1S/C15H16.C10H18O4.2C4H10O.4C2H6.CH4/c1-15(2,13-9-5-3-6-10-13)14-11-7-4-8-12-14;1-7(2)9(11)13-5-6-14-10(12)8(3)4;2*1-4(2)5-3;4*1-2;/h3-12H,1-2H3;7-8H,5-6H2,1-4H3;2*4H,1-3H3;4*1-2H3;1H4. The smallest absolute Gasteiger partial charge is 0.308 e. The van der Waals surface area contributed by atoms with E-state index in [1.165, 1.54) is 11.1 Å². The van der Waals surface area contributed by atoms with Crippen LogP contribution in [0.1, 0.15) is 143 Å². The van der Waals surface area contributed by atoms with Gasteiger partial charge in [0.15, 0.2) is 0 Å². The summed E-state index contributed by atoms with van der Waals surface area (Å²) in [7, 11) is 3.40. The predicted octanol–water partition coefficient (Wildman–Crippen LogP) is 12.2. The lowest BCUT2D eigenvalue weighted by Crippen LogP contribution is -2.19. The molecule has 0 aliphatic heterocycles. The lowest BCUT2D eigenvalue weighted by molar-refractivity contribution is -0.156. The maximum Gasteiger partial charge on any atom is 0.308 e. The molecular formula is C42H82O6. The summed E-state index contributed by atoms with van der Waals surface area (Å²) in [6.45, 7) is 35.8. The van der Waals surface area contributed by atoms with E-state index in [4.69, 9.17) is 18.9 Å². The van der Waals surface area contributed by atoms with Gasteiger partial charge in [0.1, 0.15) is 13.2 Å². The van der Waals surface area contributed by atoms with Crippen LogP contribution >= 0.6 is 0 Å². The minimum absolute atomic E-state index is 0. The van der Waals surface area contributed by atoms with Gasteiger partial charge in [0.2, 0.25) is 0 Å². The average molecular weight is 683 g/mol. The minimum Gasteiger partial charge on any atom is -0.462 e. The molecule has 0 N–H and O–H groups in total. The Kier molecular flexibility index (Phi) is 55.9. The van der Waals surface area contributed by atoms with Crippen LogP contribution in [-0.2, 0) is 34.0 Å². The van der Waals surface area contributed by atoms with Crippen LogP contribution in [0.5, 0.6) is 0 Å². The second-order valence-corrected chi connectivity index (χ2v) is 10.6. The zero-order valence-electron chi connectivity index (χ0n) is 34.4. The van der Waals surface area contributed by atoms with E-state index >= 15 is 0 Å². The first kappa shape index (κ1) is 60.6. The highest BCUT2D eigenvalue weighted by Gasteiger charge is 2.21. The van der Waals surface area contributed by atoms with Gasteiger partial charge in [-0.1, -0.05) is 165 Å². The molecule has 0 spiro atoms. The van der Waals surface area contributed by atoms with Crippen LogP contribution in [0, 0.1) is 11.8 Å². The normalized spacial score (nSPS) is 9.08. The fourth-order valence-corrected chi connectivity index (χ4v) is 2.49. The van der Waals surface area contributed by atoms with E-state index in [2.05, 4.69) is 74.5 Å². The van der Waals surface area contributed by atoms with Crippen molar-refractivity contribution in [1.29, 1.82) is 0 Å². The number of hydrogen-bond donors (Lipinski definition) is 0. The lowest BCUT2D eigenvalue weighted by Gasteiger charge is -2.25. The van der Waals surface area contributed by atoms with Crippen molar-refractivity contribution in [3.63, 3.8) is 0 Å². The SMILES string of the molecule is C.CC.CC.CC.CC.CC(C)(c1ccccc1)c1ccccc1.CC(C)C(=O)OCCOC(=O)C(C)C.COC(C)C.COC(C)C. The summed E-state index contributed by atoms with van der Waals surface area (Å²) in [4.78, 5) is 21.9. The summed E-state index contributed by atoms with van der Waals surface area (Å²) in [6, 6.07) is 21.3. The van der Waals surface area contributed by atoms with Crippen molar-refractivity contribution in [2.45, 2.75) is 150 Å². The Balaban J connectivity index is -0.0000000935. The maximum absolute atomic E-state index is 11.0. The number of rotatable bonds is 9. The van der Waals surface area contributed by atoms with E-state index in [1.54, 1.807) is 41.9 Å². The van der Waals surface area contributed by atoms with Crippen LogP contribution in [-0.4, -0.2) is 51.6 Å². The summed E-state index contributed by atoms with van der Waals surface area (Å²) >= 11 is 0. The van der Waals surface area contributed by atoms with Crippen molar-refractivity contribution in [3.8, 4) is 0 Å².